The summed E-state index contributed by atoms with van der Waals surface area (Å²) in [5.41, 5.74) is 2.32. The minimum absolute atomic E-state index is 0.0276. The van der Waals surface area contributed by atoms with Crippen molar-refractivity contribution in [2.24, 2.45) is 0 Å². The number of hydrogen-bond acceptors (Lipinski definition) is 4. The Balaban J connectivity index is 1.75. The van der Waals surface area contributed by atoms with Gasteiger partial charge in [0.25, 0.3) is 11.8 Å². The highest BCUT2D eigenvalue weighted by molar-refractivity contribution is 6.33. The molecular weight excluding hydrogens is 338 g/mol. The van der Waals surface area contributed by atoms with Crippen LogP contribution in [0.25, 0.3) is 11.5 Å². The smallest absolute Gasteiger partial charge is 0.322 e. The van der Waals surface area contributed by atoms with Crippen LogP contribution < -0.4 is 5.32 Å². The third kappa shape index (κ3) is 3.88. The van der Waals surface area contributed by atoms with Gasteiger partial charge in [-0.05, 0) is 35.2 Å². The summed E-state index contributed by atoms with van der Waals surface area (Å²) in [6, 6.07) is 14.6. The molecule has 128 valence electrons. The van der Waals surface area contributed by atoms with Gasteiger partial charge in [-0.1, -0.05) is 61.7 Å². The summed E-state index contributed by atoms with van der Waals surface area (Å²) >= 11 is 6.11. The number of carbonyl (C=O) groups is 1. The number of nitrogens with zero attached hydrogens (tertiary/aromatic N) is 2. The molecule has 1 N–H and O–H groups in total. The molecule has 0 aliphatic rings. The third-order valence-corrected chi connectivity index (χ3v) is 4.09. The Labute approximate surface area is 151 Å². The van der Waals surface area contributed by atoms with Crippen molar-refractivity contribution in [2.75, 3.05) is 5.32 Å². The van der Waals surface area contributed by atoms with Crippen molar-refractivity contribution < 1.29 is 9.21 Å². The van der Waals surface area contributed by atoms with Crippen LogP contribution in [-0.2, 0) is 5.41 Å². The van der Waals surface area contributed by atoms with Crippen LogP contribution in [0.4, 0.5) is 6.01 Å². The molecule has 1 heterocycles. The van der Waals surface area contributed by atoms with Gasteiger partial charge in [0.1, 0.15) is 0 Å². The molecule has 6 heteroatoms. The number of benzene rings is 2. The maximum absolute atomic E-state index is 12.3. The highest BCUT2D eigenvalue weighted by Gasteiger charge is 2.16. The third-order valence-electron chi connectivity index (χ3n) is 3.76. The molecule has 2 aromatic carbocycles. The van der Waals surface area contributed by atoms with Gasteiger partial charge < -0.3 is 4.42 Å². The van der Waals surface area contributed by atoms with Crippen molar-refractivity contribution >= 4 is 23.5 Å². The quantitative estimate of drug-likeness (QED) is 0.722. The maximum atomic E-state index is 12.3. The molecule has 0 saturated carbocycles. The Hall–Kier alpha value is -2.66. The fourth-order valence-corrected chi connectivity index (χ4v) is 2.52. The lowest BCUT2D eigenvalue weighted by Crippen LogP contribution is -2.14. The second-order valence-corrected chi connectivity index (χ2v) is 7.08. The predicted molar refractivity (Wildman–Crippen MR) is 97.8 cm³/mol. The van der Waals surface area contributed by atoms with Gasteiger partial charge in [0, 0.05) is 5.56 Å². The zero-order chi connectivity index (χ0) is 18.0. The van der Waals surface area contributed by atoms with Crippen molar-refractivity contribution in [3.05, 3.63) is 64.7 Å². The maximum Gasteiger partial charge on any atom is 0.322 e. The lowest BCUT2D eigenvalue weighted by Gasteiger charge is -2.18. The van der Waals surface area contributed by atoms with Gasteiger partial charge in [-0.15, -0.1) is 5.10 Å². The SMILES string of the molecule is CC(C)(C)c1ccc(C(=O)Nc2nnc(-c3ccccc3Cl)o2)cc1. The van der Waals surface area contributed by atoms with Gasteiger partial charge in [0.05, 0.1) is 10.6 Å². The Morgan fingerprint density at radius 1 is 1.04 bits per heavy atom. The van der Waals surface area contributed by atoms with E-state index in [1.54, 1.807) is 24.3 Å². The summed E-state index contributed by atoms with van der Waals surface area (Å²) in [6.45, 7) is 6.37. The van der Waals surface area contributed by atoms with E-state index >= 15 is 0 Å². The zero-order valence-corrected chi connectivity index (χ0v) is 15.0. The van der Waals surface area contributed by atoms with E-state index in [-0.39, 0.29) is 23.2 Å². The average molecular weight is 356 g/mol. The van der Waals surface area contributed by atoms with E-state index in [0.29, 0.717) is 16.1 Å². The molecule has 1 aromatic heterocycles. The molecule has 0 radical (unpaired) electrons. The number of amides is 1. The monoisotopic (exact) mass is 355 g/mol. The predicted octanol–water partition coefficient (Wildman–Crippen LogP) is 4.94. The molecule has 0 fully saturated rings. The number of halogens is 1. The van der Waals surface area contributed by atoms with Crippen LogP contribution in [0.3, 0.4) is 0 Å². The van der Waals surface area contributed by atoms with E-state index in [4.69, 9.17) is 16.0 Å². The lowest BCUT2D eigenvalue weighted by molar-refractivity contribution is 0.102. The zero-order valence-electron chi connectivity index (χ0n) is 14.2. The molecule has 3 aromatic rings. The average Bonchev–Trinajstić information content (AvgIpc) is 3.03. The minimum Gasteiger partial charge on any atom is -0.403 e. The molecular formula is C19H18ClN3O2. The van der Waals surface area contributed by atoms with Crippen LogP contribution in [0.5, 0.6) is 0 Å². The van der Waals surface area contributed by atoms with Crippen LogP contribution in [0, 0.1) is 0 Å². The second kappa shape index (κ2) is 6.69. The molecule has 0 atom stereocenters. The first-order chi connectivity index (χ1) is 11.8. The van der Waals surface area contributed by atoms with Gasteiger partial charge in [0.2, 0.25) is 0 Å². The first-order valence-corrected chi connectivity index (χ1v) is 8.23. The summed E-state index contributed by atoms with van der Waals surface area (Å²) < 4.78 is 5.48. The molecule has 3 rings (SSSR count). The molecule has 0 aliphatic carbocycles. The number of aromatic nitrogens is 2. The Kier molecular flexibility index (Phi) is 4.59. The van der Waals surface area contributed by atoms with Crippen LogP contribution in [0.1, 0.15) is 36.7 Å². The highest BCUT2D eigenvalue weighted by atomic mass is 35.5. The number of anilines is 1. The molecule has 0 spiro atoms. The lowest BCUT2D eigenvalue weighted by atomic mass is 9.87. The largest absolute Gasteiger partial charge is 0.403 e. The normalized spacial score (nSPS) is 11.4. The van der Waals surface area contributed by atoms with Gasteiger partial charge in [0.15, 0.2) is 0 Å². The summed E-state index contributed by atoms with van der Waals surface area (Å²) in [7, 11) is 0. The van der Waals surface area contributed by atoms with Crippen molar-refractivity contribution in [1.82, 2.24) is 10.2 Å². The fourth-order valence-electron chi connectivity index (χ4n) is 2.31. The highest BCUT2D eigenvalue weighted by Crippen LogP contribution is 2.27. The number of carbonyl (C=O) groups excluding carboxylic acids is 1. The van der Waals surface area contributed by atoms with E-state index in [1.165, 1.54) is 0 Å². The number of nitrogens with one attached hydrogen (secondary N) is 1. The summed E-state index contributed by atoms with van der Waals surface area (Å²) in [6.07, 6.45) is 0. The summed E-state index contributed by atoms with van der Waals surface area (Å²) in [5.74, 6) is -0.0567. The first-order valence-electron chi connectivity index (χ1n) is 7.85. The Morgan fingerprint density at radius 3 is 2.36 bits per heavy atom. The Morgan fingerprint density at radius 2 is 1.72 bits per heavy atom. The van der Waals surface area contributed by atoms with Gasteiger partial charge in [-0.25, -0.2) is 0 Å². The molecule has 0 saturated heterocycles. The van der Waals surface area contributed by atoms with E-state index < -0.39 is 0 Å². The minimum atomic E-state index is -0.310. The first kappa shape index (κ1) is 17.2. The molecule has 0 unspecified atom stereocenters. The van der Waals surface area contributed by atoms with Gasteiger partial charge in [-0.2, -0.15) is 0 Å². The van der Waals surface area contributed by atoms with E-state index in [2.05, 4.69) is 36.3 Å². The van der Waals surface area contributed by atoms with Crippen LogP contribution in [0.15, 0.2) is 52.9 Å². The van der Waals surface area contributed by atoms with Crippen LogP contribution in [0.2, 0.25) is 5.02 Å². The van der Waals surface area contributed by atoms with Crippen molar-refractivity contribution in [3.8, 4) is 11.5 Å². The van der Waals surface area contributed by atoms with Crippen LogP contribution in [-0.4, -0.2) is 16.1 Å². The Bertz CT molecular complexity index is 896. The van der Waals surface area contributed by atoms with Crippen molar-refractivity contribution in [2.45, 2.75) is 26.2 Å². The molecule has 0 aliphatic heterocycles. The molecule has 25 heavy (non-hydrogen) atoms. The standard InChI is InChI=1S/C19H18ClN3O2/c1-19(2,3)13-10-8-12(9-11-13)16(24)21-18-23-22-17(25-18)14-6-4-5-7-15(14)20/h4-11H,1-3H3,(H,21,23,24). The topological polar surface area (TPSA) is 68.0 Å². The second-order valence-electron chi connectivity index (χ2n) is 6.67. The van der Waals surface area contributed by atoms with Gasteiger partial charge in [-0.3, -0.25) is 10.1 Å². The molecule has 5 nitrogen and oxygen atoms in total. The molecule has 1 amide bonds. The summed E-state index contributed by atoms with van der Waals surface area (Å²) in [5, 5.41) is 10.9. The number of hydrogen-bond donors (Lipinski definition) is 1. The molecule has 0 bridgehead atoms. The summed E-state index contributed by atoms with van der Waals surface area (Å²) in [4.78, 5) is 12.3. The van der Waals surface area contributed by atoms with E-state index in [1.807, 2.05) is 24.3 Å². The number of rotatable bonds is 3. The van der Waals surface area contributed by atoms with Crippen LogP contribution >= 0.6 is 11.6 Å². The van der Waals surface area contributed by atoms with Crippen molar-refractivity contribution in [1.29, 1.82) is 0 Å². The fraction of sp³-hybridized carbons (Fsp3) is 0.211. The van der Waals surface area contributed by atoms with Crippen molar-refractivity contribution in [3.63, 3.8) is 0 Å². The van der Waals surface area contributed by atoms with Gasteiger partial charge >= 0.3 is 6.01 Å². The van der Waals surface area contributed by atoms with E-state index in [9.17, 15) is 4.79 Å². The van der Waals surface area contributed by atoms with E-state index in [0.717, 1.165) is 5.56 Å².